The number of pyridine rings is 1. The van der Waals surface area contributed by atoms with E-state index in [4.69, 9.17) is 4.74 Å². The Balaban J connectivity index is 1.23. The maximum atomic E-state index is 12.7. The summed E-state index contributed by atoms with van der Waals surface area (Å²) < 4.78 is 5.75. The highest BCUT2D eigenvalue weighted by Crippen LogP contribution is 2.25. The molecule has 0 saturated carbocycles. The molecular weight excluding hydrogens is 386 g/mol. The molecule has 1 N–H and O–H groups in total. The third-order valence-corrected chi connectivity index (χ3v) is 5.85. The number of hydrogen-bond donors (Lipinski definition) is 1. The number of nitrogens with one attached hydrogen (secondary N) is 1. The number of amides is 1. The van der Waals surface area contributed by atoms with Gasteiger partial charge in [-0.3, -0.25) is 9.78 Å². The van der Waals surface area contributed by atoms with Gasteiger partial charge in [-0.1, -0.05) is 37.3 Å². The van der Waals surface area contributed by atoms with E-state index in [1.165, 1.54) is 5.56 Å². The Morgan fingerprint density at radius 2 is 1.77 bits per heavy atom. The van der Waals surface area contributed by atoms with E-state index < -0.39 is 0 Å². The average molecular weight is 416 g/mol. The summed E-state index contributed by atoms with van der Waals surface area (Å²) in [6.45, 7) is 5.24. The van der Waals surface area contributed by atoms with Gasteiger partial charge in [0, 0.05) is 24.3 Å². The number of piperidine rings is 1. The number of rotatable bonds is 7. The summed E-state index contributed by atoms with van der Waals surface area (Å²) in [7, 11) is 0. The molecule has 0 bridgehead atoms. The molecule has 1 saturated heterocycles. The number of hydrogen-bond acceptors (Lipinski definition) is 4. The third-order valence-electron chi connectivity index (χ3n) is 5.85. The van der Waals surface area contributed by atoms with E-state index in [-0.39, 0.29) is 11.8 Å². The summed E-state index contributed by atoms with van der Waals surface area (Å²) in [6, 6.07) is 21.8. The standard InChI is InChI=1S/C26H29N3O2/c1-20(21-6-3-2-4-7-21)19-29-16-13-22(14-17-29)26(30)28-23-9-11-24(12-10-23)31-25-8-5-15-27-18-25/h2-12,15,18,20,22H,13-14,16-17,19H2,1H3,(H,28,30)/t20-/m1/s1. The maximum Gasteiger partial charge on any atom is 0.227 e. The molecule has 4 rings (SSSR count). The monoisotopic (exact) mass is 415 g/mol. The highest BCUT2D eigenvalue weighted by Gasteiger charge is 2.25. The summed E-state index contributed by atoms with van der Waals surface area (Å²) in [5, 5.41) is 3.06. The van der Waals surface area contributed by atoms with Crippen LogP contribution in [0.15, 0.2) is 79.1 Å². The fraction of sp³-hybridized carbons (Fsp3) is 0.308. The SMILES string of the molecule is C[C@H](CN1CCC(C(=O)Nc2ccc(Oc3cccnc3)cc2)CC1)c1ccccc1. The van der Waals surface area contributed by atoms with E-state index in [1.54, 1.807) is 12.4 Å². The Kier molecular flexibility index (Phi) is 6.95. The summed E-state index contributed by atoms with van der Waals surface area (Å²) >= 11 is 0. The van der Waals surface area contributed by atoms with Crippen LogP contribution in [0.4, 0.5) is 5.69 Å². The van der Waals surface area contributed by atoms with E-state index in [2.05, 4.69) is 52.5 Å². The van der Waals surface area contributed by atoms with Gasteiger partial charge in [0.1, 0.15) is 11.5 Å². The van der Waals surface area contributed by atoms with Gasteiger partial charge in [-0.2, -0.15) is 0 Å². The van der Waals surface area contributed by atoms with Crippen molar-refractivity contribution in [2.45, 2.75) is 25.7 Å². The van der Waals surface area contributed by atoms with E-state index in [9.17, 15) is 4.79 Å². The van der Waals surface area contributed by atoms with E-state index in [1.807, 2.05) is 36.4 Å². The smallest absolute Gasteiger partial charge is 0.227 e. The molecule has 5 nitrogen and oxygen atoms in total. The quantitative estimate of drug-likeness (QED) is 0.567. The van der Waals surface area contributed by atoms with Crippen LogP contribution in [0.3, 0.4) is 0 Å². The van der Waals surface area contributed by atoms with Gasteiger partial charge >= 0.3 is 0 Å². The summed E-state index contributed by atoms with van der Waals surface area (Å²) in [5.74, 6) is 2.07. The van der Waals surface area contributed by atoms with Gasteiger partial charge in [0.15, 0.2) is 0 Å². The van der Waals surface area contributed by atoms with Gasteiger partial charge in [-0.15, -0.1) is 0 Å². The van der Waals surface area contributed by atoms with Crippen LogP contribution < -0.4 is 10.1 Å². The molecule has 0 spiro atoms. The van der Waals surface area contributed by atoms with Crippen molar-refractivity contribution in [3.63, 3.8) is 0 Å². The number of ether oxygens (including phenoxy) is 1. The highest BCUT2D eigenvalue weighted by atomic mass is 16.5. The van der Waals surface area contributed by atoms with Gasteiger partial charge in [0.05, 0.1) is 6.20 Å². The molecule has 3 aromatic rings. The fourth-order valence-corrected chi connectivity index (χ4v) is 4.05. The van der Waals surface area contributed by atoms with Gasteiger partial charge in [0.25, 0.3) is 0 Å². The number of nitrogens with zero attached hydrogens (tertiary/aromatic N) is 2. The fourth-order valence-electron chi connectivity index (χ4n) is 4.05. The molecule has 2 aromatic carbocycles. The number of likely N-dealkylation sites (tertiary alicyclic amines) is 1. The Morgan fingerprint density at radius 3 is 2.45 bits per heavy atom. The molecule has 0 aliphatic carbocycles. The van der Waals surface area contributed by atoms with Crippen LogP contribution in [0.25, 0.3) is 0 Å². The Bertz CT molecular complexity index is 953. The van der Waals surface area contributed by atoms with Gasteiger partial charge in [0.2, 0.25) is 5.91 Å². The molecule has 2 heterocycles. The minimum absolute atomic E-state index is 0.0644. The van der Waals surface area contributed by atoms with Gasteiger partial charge in [-0.05, 0) is 73.8 Å². The van der Waals surface area contributed by atoms with Crippen LogP contribution in [0.1, 0.15) is 31.2 Å². The predicted octanol–water partition coefficient (Wildman–Crippen LogP) is 5.33. The minimum atomic E-state index is 0.0644. The first-order chi connectivity index (χ1) is 15.2. The maximum absolute atomic E-state index is 12.7. The van der Waals surface area contributed by atoms with Crippen LogP contribution in [-0.2, 0) is 4.79 Å². The Hall–Kier alpha value is -3.18. The molecule has 31 heavy (non-hydrogen) atoms. The Morgan fingerprint density at radius 1 is 1.03 bits per heavy atom. The van der Waals surface area contributed by atoms with Crippen LogP contribution in [0.5, 0.6) is 11.5 Å². The summed E-state index contributed by atoms with van der Waals surface area (Å²) in [5.41, 5.74) is 2.17. The van der Waals surface area contributed by atoms with Crippen LogP contribution in [-0.4, -0.2) is 35.4 Å². The molecule has 1 atom stereocenters. The zero-order valence-corrected chi connectivity index (χ0v) is 17.9. The molecule has 0 radical (unpaired) electrons. The van der Waals surface area contributed by atoms with Crippen LogP contribution in [0.2, 0.25) is 0 Å². The largest absolute Gasteiger partial charge is 0.456 e. The second kappa shape index (κ2) is 10.2. The van der Waals surface area contributed by atoms with Crippen molar-refractivity contribution in [2.75, 3.05) is 25.0 Å². The summed E-state index contributed by atoms with van der Waals surface area (Å²) in [4.78, 5) is 19.2. The van der Waals surface area contributed by atoms with E-state index >= 15 is 0 Å². The lowest BCUT2D eigenvalue weighted by Gasteiger charge is -2.33. The second-order valence-electron chi connectivity index (χ2n) is 8.19. The first kappa shape index (κ1) is 21.1. The van der Waals surface area contributed by atoms with Crippen LogP contribution in [0, 0.1) is 5.92 Å². The van der Waals surface area contributed by atoms with Crippen molar-refractivity contribution in [1.82, 2.24) is 9.88 Å². The molecular formula is C26H29N3O2. The van der Waals surface area contributed by atoms with E-state index in [0.29, 0.717) is 17.4 Å². The molecule has 1 aliphatic rings. The topological polar surface area (TPSA) is 54.5 Å². The molecule has 1 fully saturated rings. The molecule has 160 valence electrons. The number of benzene rings is 2. The first-order valence-electron chi connectivity index (χ1n) is 10.9. The molecule has 1 amide bonds. The molecule has 0 unspecified atom stereocenters. The lowest BCUT2D eigenvalue weighted by atomic mass is 9.94. The highest BCUT2D eigenvalue weighted by molar-refractivity contribution is 5.92. The van der Waals surface area contributed by atoms with Crippen molar-refractivity contribution >= 4 is 11.6 Å². The first-order valence-corrected chi connectivity index (χ1v) is 10.9. The van der Waals surface area contributed by atoms with Gasteiger partial charge < -0.3 is 15.0 Å². The second-order valence-corrected chi connectivity index (χ2v) is 8.19. The molecule has 1 aromatic heterocycles. The normalized spacial score (nSPS) is 15.9. The van der Waals surface area contributed by atoms with Crippen molar-refractivity contribution < 1.29 is 9.53 Å². The number of carbonyl (C=O) groups excluding carboxylic acids is 1. The van der Waals surface area contributed by atoms with Crippen LogP contribution >= 0.6 is 0 Å². The number of carbonyl (C=O) groups is 1. The average Bonchev–Trinajstić information content (AvgIpc) is 2.82. The van der Waals surface area contributed by atoms with E-state index in [0.717, 1.165) is 38.2 Å². The van der Waals surface area contributed by atoms with Crippen molar-refractivity contribution in [2.24, 2.45) is 5.92 Å². The zero-order chi connectivity index (χ0) is 21.5. The van der Waals surface area contributed by atoms with Crippen molar-refractivity contribution in [3.05, 3.63) is 84.7 Å². The molecule has 1 aliphatic heterocycles. The zero-order valence-electron chi connectivity index (χ0n) is 17.9. The van der Waals surface area contributed by atoms with Crippen molar-refractivity contribution in [1.29, 1.82) is 0 Å². The van der Waals surface area contributed by atoms with Gasteiger partial charge in [-0.25, -0.2) is 0 Å². The van der Waals surface area contributed by atoms with Crippen molar-refractivity contribution in [3.8, 4) is 11.5 Å². The third kappa shape index (κ3) is 5.92. The summed E-state index contributed by atoms with van der Waals surface area (Å²) in [6.07, 6.45) is 5.17. The number of aromatic nitrogens is 1. The predicted molar refractivity (Wildman–Crippen MR) is 123 cm³/mol. The Labute approximate surface area is 184 Å². The molecule has 5 heteroatoms. The number of anilines is 1. The lowest BCUT2D eigenvalue weighted by Crippen LogP contribution is -2.39. The lowest BCUT2D eigenvalue weighted by molar-refractivity contribution is -0.121. The minimum Gasteiger partial charge on any atom is -0.456 e.